The summed E-state index contributed by atoms with van der Waals surface area (Å²) in [5.74, 6) is 0.867. The highest BCUT2D eigenvalue weighted by Gasteiger charge is 2.30. The molecule has 1 saturated heterocycles. The number of nitrogens with zero attached hydrogens (tertiary/aromatic N) is 2. The zero-order valence-electron chi connectivity index (χ0n) is 18.9. The molecule has 0 saturated carbocycles. The second-order valence-corrected chi connectivity index (χ2v) is 8.07. The van der Waals surface area contributed by atoms with Gasteiger partial charge in [0.05, 0.1) is 26.4 Å². The average Bonchev–Trinajstić information content (AvgIpc) is 3.18. The van der Waals surface area contributed by atoms with E-state index in [4.69, 9.17) is 14.9 Å². The second-order valence-electron chi connectivity index (χ2n) is 8.07. The smallest absolute Gasteiger partial charge is 0.321 e. The highest BCUT2D eigenvalue weighted by molar-refractivity contribution is 5.99. The Morgan fingerprint density at radius 1 is 1.21 bits per heavy atom. The van der Waals surface area contributed by atoms with Crippen molar-refractivity contribution < 1.29 is 23.9 Å². The van der Waals surface area contributed by atoms with Gasteiger partial charge in [0, 0.05) is 37.3 Å². The van der Waals surface area contributed by atoms with E-state index in [1.807, 2.05) is 41.3 Å². The number of urea groups is 1. The van der Waals surface area contributed by atoms with Crippen LogP contribution in [0.5, 0.6) is 5.75 Å². The van der Waals surface area contributed by atoms with Gasteiger partial charge in [0.15, 0.2) is 0 Å². The number of amides is 4. The van der Waals surface area contributed by atoms with Crippen LogP contribution in [0.25, 0.3) is 0 Å². The summed E-state index contributed by atoms with van der Waals surface area (Å²) in [6.07, 6.45) is 0.308. The number of carbonyl (C=O) groups excluding carboxylic acids is 3. The van der Waals surface area contributed by atoms with Crippen LogP contribution in [-0.4, -0.2) is 73.9 Å². The number of amidine groups is 1. The first kappa shape index (κ1) is 23.2. The number of methoxy groups -OCH3 is 1. The number of nitrogens with one attached hydrogen (secondary N) is 3. The van der Waals surface area contributed by atoms with Crippen molar-refractivity contribution in [1.82, 2.24) is 20.4 Å². The van der Waals surface area contributed by atoms with Crippen LogP contribution in [0.15, 0.2) is 42.5 Å². The number of ether oxygens (including phenoxy) is 2. The quantitative estimate of drug-likeness (QED) is 0.324. The van der Waals surface area contributed by atoms with E-state index in [2.05, 4.69) is 10.6 Å². The monoisotopic (exact) mass is 465 g/mol. The van der Waals surface area contributed by atoms with Crippen molar-refractivity contribution in [3.63, 3.8) is 0 Å². The molecule has 0 aromatic heterocycles. The van der Waals surface area contributed by atoms with Crippen molar-refractivity contribution >= 4 is 24.2 Å². The third-order valence-corrected chi connectivity index (χ3v) is 6.01. The van der Waals surface area contributed by atoms with Gasteiger partial charge < -0.3 is 24.6 Å². The number of imide groups is 1. The third kappa shape index (κ3) is 5.01. The molecule has 0 spiro atoms. The fourth-order valence-corrected chi connectivity index (χ4v) is 4.17. The molecule has 2 heterocycles. The fraction of sp³-hybridized carbons (Fsp3) is 0.333. The summed E-state index contributed by atoms with van der Waals surface area (Å²) in [4.78, 5) is 39.5. The summed E-state index contributed by atoms with van der Waals surface area (Å²) in [6, 6.07) is 11.5. The minimum absolute atomic E-state index is 0.151. The molecule has 10 nitrogen and oxygen atoms in total. The Labute approximate surface area is 197 Å². The van der Waals surface area contributed by atoms with Crippen LogP contribution in [0, 0.1) is 5.41 Å². The lowest BCUT2D eigenvalue weighted by Gasteiger charge is -2.29. The summed E-state index contributed by atoms with van der Waals surface area (Å²) in [5.41, 5.74) is 2.96. The van der Waals surface area contributed by atoms with E-state index in [1.54, 1.807) is 18.1 Å². The van der Waals surface area contributed by atoms with Gasteiger partial charge in [-0.15, -0.1) is 0 Å². The van der Waals surface area contributed by atoms with Crippen LogP contribution < -0.4 is 15.4 Å². The molecule has 2 aliphatic heterocycles. The Balaban J connectivity index is 1.52. The molecule has 0 bridgehead atoms. The van der Waals surface area contributed by atoms with Crippen LogP contribution in [0.2, 0.25) is 0 Å². The van der Waals surface area contributed by atoms with Crippen LogP contribution >= 0.6 is 0 Å². The molecule has 0 aliphatic carbocycles. The molecule has 4 rings (SSSR count). The molecule has 2 aliphatic rings. The molecule has 178 valence electrons. The van der Waals surface area contributed by atoms with Gasteiger partial charge in [-0.1, -0.05) is 30.3 Å². The largest absolute Gasteiger partial charge is 0.497 e. The maximum Gasteiger partial charge on any atom is 0.321 e. The highest BCUT2D eigenvalue weighted by atomic mass is 16.5. The first-order chi connectivity index (χ1) is 16.5. The molecule has 34 heavy (non-hydrogen) atoms. The summed E-state index contributed by atoms with van der Waals surface area (Å²) in [7, 11) is 1.55. The predicted molar refractivity (Wildman–Crippen MR) is 124 cm³/mol. The van der Waals surface area contributed by atoms with Crippen molar-refractivity contribution in [3.05, 3.63) is 64.7 Å². The Morgan fingerprint density at radius 3 is 2.62 bits per heavy atom. The summed E-state index contributed by atoms with van der Waals surface area (Å²) in [6.45, 7) is 3.14. The normalized spacial score (nSPS) is 16.0. The van der Waals surface area contributed by atoms with E-state index in [9.17, 15) is 14.4 Å². The molecular formula is C24H27N5O5. The molecule has 3 N–H and O–H groups in total. The third-order valence-electron chi connectivity index (χ3n) is 6.01. The summed E-state index contributed by atoms with van der Waals surface area (Å²) >= 11 is 0. The maximum absolute atomic E-state index is 13.0. The zero-order valence-corrected chi connectivity index (χ0v) is 18.9. The van der Waals surface area contributed by atoms with Gasteiger partial charge in [-0.2, -0.15) is 0 Å². The van der Waals surface area contributed by atoms with E-state index in [-0.39, 0.29) is 12.5 Å². The number of benzene rings is 2. The van der Waals surface area contributed by atoms with Crippen LogP contribution in [0.3, 0.4) is 0 Å². The molecule has 4 amide bonds. The van der Waals surface area contributed by atoms with Crippen molar-refractivity contribution in [3.8, 4) is 5.75 Å². The lowest BCUT2D eigenvalue weighted by molar-refractivity contribution is -0.108. The van der Waals surface area contributed by atoms with Gasteiger partial charge >= 0.3 is 6.03 Å². The van der Waals surface area contributed by atoms with Crippen LogP contribution in [0.4, 0.5) is 4.79 Å². The molecule has 2 aromatic carbocycles. The Morgan fingerprint density at radius 2 is 1.94 bits per heavy atom. The van der Waals surface area contributed by atoms with E-state index < -0.39 is 12.1 Å². The molecule has 1 fully saturated rings. The van der Waals surface area contributed by atoms with Crippen molar-refractivity contribution in [1.29, 1.82) is 5.41 Å². The topological polar surface area (TPSA) is 124 Å². The highest BCUT2D eigenvalue weighted by Crippen LogP contribution is 2.28. The zero-order chi connectivity index (χ0) is 24.1. The Hall–Kier alpha value is -3.92. The van der Waals surface area contributed by atoms with E-state index in [1.165, 1.54) is 0 Å². The first-order valence-electron chi connectivity index (χ1n) is 11.0. The van der Waals surface area contributed by atoms with Gasteiger partial charge in [-0.05, 0) is 23.3 Å². The van der Waals surface area contributed by atoms with Gasteiger partial charge in [-0.3, -0.25) is 20.3 Å². The molecular weight excluding hydrogens is 438 g/mol. The second kappa shape index (κ2) is 10.3. The van der Waals surface area contributed by atoms with E-state index in [0.717, 1.165) is 16.7 Å². The molecule has 0 unspecified atom stereocenters. The standard InChI is InChI=1S/C24H27N5O5/c1-33-19-7-6-18-13-29(23(31)20(18)12-19)14-21(27-24(32)26-15-30)16-2-4-17(5-3-16)22(25)28-8-10-34-11-9-28/h2-7,12,15,21,25H,8-11,13-14H2,1H3,(H2,26,27,30,32)/t21-/m0/s1. The van der Waals surface area contributed by atoms with Gasteiger partial charge in [0.25, 0.3) is 5.91 Å². The average molecular weight is 466 g/mol. The minimum Gasteiger partial charge on any atom is -0.497 e. The summed E-state index contributed by atoms with van der Waals surface area (Å²) < 4.78 is 10.6. The molecule has 10 heteroatoms. The molecule has 1 atom stereocenters. The number of hydrogen-bond acceptors (Lipinski definition) is 6. The number of rotatable bonds is 7. The fourth-order valence-electron chi connectivity index (χ4n) is 4.17. The number of morpholine rings is 1. The Kier molecular flexibility index (Phi) is 7.07. The van der Waals surface area contributed by atoms with Gasteiger partial charge in [-0.25, -0.2) is 4.79 Å². The van der Waals surface area contributed by atoms with Crippen LogP contribution in [-0.2, 0) is 16.1 Å². The van der Waals surface area contributed by atoms with Gasteiger partial charge in [0.1, 0.15) is 11.6 Å². The number of hydrogen-bond donors (Lipinski definition) is 3. The van der Waals surface area contributed by atoms with Crippen molar-refractivity contribution in [2.75, 3.05) is 40.0 Å². The SMILES string of the molecule is COc1ccc2c(c1)C(=O)N(C[C@H](NC(=O)NC=O)c1ccc(C(=N)N3CCOCC3)cc1)C2. The number of fused-ring (bicyclic) bond motifs is 1. The Bertz CT molecular complexity index is 1080. The van der Waals surface area contributed by atoms with E-state index in [0.29, 0.717) is 56.4 Å². The lowest BCUT2D eigenvalue weighted by atomic mass is 10.0. The van der Waals surface area contributed by atoms with Crippen molar-refractivity contribution in [2.24, 2.45) is 0 Å². The summed E-state index contributed by atoms with van der Waals surface area (Å²) in [5, 5.41) is 13.3. The lowest BCUT2D eigenvalue weighted by Crippen LogP contribution is -2.42. The predicted octanol–water partition coefficient (Wildman–Crippen LogP) is 1.51. The first-order valence-corrected chi connectivity index (χ1v) is 11.0. The van der Waals surface area contributed by atoms with Crippen molar-refractivity contribution in [2.45, 2.75) is 12.6 Å². The maximum atomic E-state index is 13.0. The van der Waals surface area contributed by atoms with Gasteiger partial charge in [0.2, 0.25) is 6.41 Å². The molecule has 2 aromatic rings. The van der Waals surface area contributed by atoms with Crippen LogP contribution in [0.1, 0.15) is 33.1 Å². The molecule has 0 radical (unpaired) electrons. The minimum atomic E-state index is -0.657. The van der Waals surface area contributed by atoms with E-state index >= 15 is 0 Å². The number of carbonyl (C=O) groups is 3.